The number of carbonyl (C=O) groups excluding carboxylic acids is 1. The van der Waals surface area contributed by atoms with Crippen molar-refractivity contribution in [3.8, 4) is 11.1 Å². The molecule has 0 spiro atoms. The predicted molar refractivity (Wildman–Crippen MR) is 109 cm³/mol. The van der Waals surface area contributed by atoms with Crippen LogP contribution in [0.2, 0.25) is 0 Å². The van der Waals surface area contributed by atoms with Crippen molar-refractivity contribution >= 4 is 5.91 Å². The largest absolute Gasteiger partial charge is 0.349 e. The fraction of sp³-hybridized carbons (Fsp3) is 0.273. The SMILES string of the molecule is Cc1ccccc1Cn1cc(-c2ccncc2)cc1C(=O)NCCN(C)C. The number of aryl methyl sites for hydroxylation is 1. The van der Waals surface area contributed by atoms with Gasteiger partial charge >= 0.3 is 0 Å². The van der Waals surface area contributed by atoms with Gasteiger partial charge in [0.05, 0.1) is 0 Å². The predicted octanol–water partition coefficient (Wildman–Crippen LogP) is 3.20. The van der Waals surface area contributed by atoms with Gasteiger partial charge in [-0.05, 0) is 55.9 Å². The van der Waals surface area contributed by atoms with Crippen molar-refractivity contribution in [3.05, 3.63) is 77.9 Å². The highest BCUT2D eigenvalue weighted by atomic mass is 16.1. The van der Waals surface area contributed by atoms with E-state index in [2.05, 4.69) is 34.3 Å². The topological polar surface area (TPSA) is 50.2 Å². The second kappa shape index (κ2) is 8.64. The van der Waals surface area contributed by atoms with Gasteiger partial charge in [0.25, 0.3) is 5.91 Å². The molecule has 1 aromatic carbocycles. The number of nitrogens with one attached hydrogen (secondary N) is 1. The van der Waals surface area contributed by atoms with Crippen molar-refractivity contribution in [1.29, 1.82) is 0 Å². The van der Waals surface area contributed by atoms with Crippen molar-refractivity contribution in [2.75, 3.05) is 27.2 Å². The molecule has 3 rings (SSSR count). The van der Waals surface area contributed by atoms with E-state index in [0.717, 1.165) is 17.7 Å². The third-order valence-corrected chi connectivity index (χ3v) is 4.59. The molecule has 27 heavy (non-hydrogen) atoms. The maximum Gasteiger partial charge on any atom is 0.267 e. The zero-order valence-electron chi connectivity index (χ0n) is 16.1. The molecule has 1 amide bonds. The van der Waals surface area contributed by atoms with Gasteiger partial charge < -0.3 is 14.8 Å². The minimum atomic E-state index is -0.0502. The molecule has 5 heteroatoms. The summed E-state index contributed by atoms with van der Waals surface area (Å²) in [5.41, 5.74) is 5.16. The average molecular weight is 362 g/mol. The van der Waals surface area contributed by atoms with Crippen LogP contribution in [-0.2, 0) is 6.54 Å². The van der Waals surface area contributed by atoms with Crippen molar-refractivity contribution in [3.63, 3.8) is 0 Å². The molecule has 0 aliphatic heterocycles. The smallest absolute Gasteiger partial charge is 0.267 e. The van der Waals surface area contributed by atoms with Gasteiger partial charge in [-0.3, -0.25) is 9.78 Å². The summed E-state index contributed by atoms with van der Waals surface area (Å²) >= 11 is 0. The molecule has 0 aliphatic rings. The molecule has 0 saturated carbocycles. The van der Waals surface area contributed by atoms with Gasteiger partial charge in [-0.25, -0.2) is 0 Å². The molecule has 0 bridgehead atoms. The summed E-state index contributed by atoms with van der Waals surface area (Å²) in [6, 6.07) is 14.1. The number of likely N-dealkylation sites (N-methyl/N-ethyl adjacent to an activating group) is 1. The molecule has 3 aromatic rings. The number of amides is 1. The van der Waals surface area contributed by atoms with Crippen LogP contribution in [0.3, 0.4) is 0 Å². The van der Waals surface area contributed by atoms with Crippen LogP contribution in [0.15, 0.2) is 61.1 Å². The minimum Gasteiger partial charge on any atom is -0.349 e. The van der Waals surface area contributed by atoms with E-state index >= 15 is 0 Å². The number of carbonyl (C=O) groups is 1. The molecule has 0 fully saturated rings. The summed E-state index contributed by atoms with van der Waals surface area (Å²) in [5.74, 6) is -0.0502. The first-order valence-electron chi connectivity index (χ1n) is 9.12. The molecule has 1 N–H and O–H groups in total. The summed E-state index contributed by atoms with van der Waals surface area (Å²) in [4.78, 5) is 18.9. The van der Waals surface area contributed by atoms with Crippen LogP contribution >= 0.6 is 0 Å². The van der Waals surface area contributed by atoms with E-state index in [1.165, 1.54) is 11.1 Å². The number of hydrogen-bond acceptors (Lipinski definition) is 3. The van der Waals surface area contributed by atoms with Crippen LogP contribution in [-0.4, -0.2) is 47.5 Å². The Morgan fingerprint density at radius 1 is 1.11 bits per heavy atom. The fourth-order valence-corrected chi connectivity index (χ4v) is 2.99. The summed E-state index contributed by atoms with van der Waals surface area (Å²) in [5, 5.41) is 3.02. The molecular formula is C22H26N4O. The molecule has 5 nitrogen and oxygen atoms in total. The quantitative estimate of drug-likeness (QED) is 0.702. The van der Waals surface area contributed by atoms with Crippen LogP contribution in [0, 0.1) is 6.92 Å². The van der Waals surface area contributed by atoms with Gasteiger partial charge in [0.2, 0.25) is 0 Å². The second-order valence-corrected chi connectivity index (χ2v) is 6.96. The van der Waals surface area contributed by atoms with E-state index in [-0.39, 0.29) is 5.91 Å². The van der Waals surface area contributed by atoms with Crippen LogP contribution in [0.4, 0.5) is 0 Å². The highest BCUT2D eigenvalue weighted by molar-refractivity contribution is 5.94. The lowest BCUT2D eigenvalue weighted by atomic mass is 10.1. The van der Waals surface area contributed by atoms with Crippen molar-refractivity contribution < 1.29 is 4.79 Å². The van der Waals surface area contributed by atoms with E-state index in [0.29, 0.717) is 18.8 Å². The van der Waals surface area contributed by atoms with Crippen molar-refractivity contribution in [2.45, 2.75) is 13.5 Å². The summed E-state index contributed by atoms with van der Waals surface area (Å²) in [6.45, 7) is 4.18. The summed E-state index contributed by atoms with van der Waals surface area (Å²) in [7, 11) is 3.99. The zero-order chi connectivity index (χ0) is 19.2. The number of hydrogen-bond donors (Lipinski definition) is 1. The average Bonchev–Trinajstić information content (AvgIpc) is 3.08. The maximum absolute atomic E-state index is 12.8. The van der Waals surface area contributed by atoms with Crippen LogP contribution in [0.1, 0.15) is 21.6 Å². The van der Waals surface area contributed by atoms with E-state index < -0.39 is 0 Å². The standard InChI is InChI=1S/C22H26N4O/c1-17-6-4-5-7-19(17)15-26-16-20(18-8-10-23-11-9-18)14-21(26)22(27)24-12-13-25(2)3/h4-11,14,16H,12-13,15H2,1-3H3,(H,24,27). The Kier molecular flexibility index (Phi) is 6.04. The van der Waals surface area contributed by atoms with Crippen molar-refractivity contribution in [1.82, 2.24) is 19.8 Å². The normalized spacial score (nSPS) is 11.0. The lowest BCUT2D eigenvalue weighted by molar-refractivity contribution is 0.0942. The molecular weight excluding hydrogens is 336 g/mol. The third kappa shape index (κ3) is 4.83. The first-order chi connectivity index (χ1) is 13.0. The Morgan fingerprint density at radius 2 is 1.85 bits per heavy atom. The van der Waals surface area contributed by atoms with Crippen LogP contribution < -0.4 is 5.32 Å². The molecule has 0 radical (unpaired) electrons. The van der Waals surface area contributed by atoms with Gasteiger partial charge in [-0.1, -0.05) is 24.3 Å². The monoisotopic (exact) mass is 362 g/mol. The molecule has 2 heterocycles. The molecule has 0 unspecified atom stereocenters. The Labute approximate surface area is 160 Å². The summed E-state index contributed by atoms with van der Waals surface area (Å²) in [6.07, 6.45) is 5.58. The van der Waals surface area contributed by atoms with E-state index in [9.17, 15) is 4.79 Å². The highest BCUT2D eigenvalue weighted by Crippen LogP contribution is 2.23. The summed E-state index contributed by atoms with van der Waals surface area (Å²) < 4.78 is 2.03. The second-order valence-electron chi connectivity index (χ2n) is 6.96. The van der Waals surface area contributed by atoms with E-state index in [1.54, 1.807) is 12.4 Å². The van der Waals surface area contributed by atoms with Crippen molar-refractivity contribution in [2.24, 2.45) is 0 Å². The molecule has 2 aromatic heterocycles. The van der Waals surface area contributed by atoms with Gasteiger partial charge in [-0.2, -0.15) is 0 Å². The Hall–Kier alpha value is -2.92. The number of aromatic nitrogens is 2. The van der Waals surface area contributed by atoms with Gasteiger partial charge in [0.15, 0.2) is 0 Å². The first-order valence-corrected chi connectivity index (χ1v) is 9.12. The van der Waals surface area contributed by atoms with Crippen LogP contribution in [0.25, 0.3) is 11.1 Å². The third-order valence-electron chi connectivity index (χ3n) is 4.59. The van der Waals surface area contributed by atoms with E-state index in [1.807, 2.05) is 55.2 Å². The van der Waals surface area contributed by atoms with E-state index in [4.69, 9.17) is 0 Å². The minimum absolute atomic E-state index is 0.0502. The Balaban J connectivity index is 1.90. The Morgan fingerprint density at radius 3 is 2.56 bits per heavy atom. The number of benzene rings is 1. The lowest BCUT2D eigenvalue weighted by Gasteiger charge is -2.13. The molecule has 140 valence electrons. The van der Waals surface area contributed by atoms with Crippen LogP contribution in [0.5, 0.6) is 0 Å². The fourth-order valence-electron chi connectivity index (χ4n) is 2.99. The number of rotatable bonds is 7. The maximum atomic E-state index is 12.8. The molecule has 0 aliphatic carbocycles. The molecule has 0 atom stereocenters. The number of nitrogens with zero attached hydrogens (tertiary/aromatic N) is 3. The lowest BCUT2D eigenvalue weighted by Crippen LogP contribution is -2.32. The Bertz CT molecular complexity index is 900. The zero-order valence-corrected chi connectivity index (χ0v) is 16.1. The molecule has 0 saturated heterocycles. The first kappa shape index (κ1) is 18.9. The van der Waals surface area contributed by atoms with Gasteiger partial charge in [-0.15, -0.1) is 0 Å². The van der Waals surface area contributed by atoms with Gasteiger partial charge in [0.1, 0.15) is 5.69 Å². The number of pyridine rings is 1. The van der Waals surface area contributed by atoms with Gasteiger partial charge in [0, 0.05) is 43.8 Å². The highest BCUT2D eigenvalue weighted by Gasteiger charge is 2.15.